The Labute approximate surface area is 237 Å². The van der Waals surface area contributed by atoms with Gasteiger partial charge in [0, 0.05) is 44.0 Å². The maximum absolute atomic E-state index is 13.6. The Bertz CT molecular complexity index is 1460. The van der Waals surface area contributed by atoms with Crippen LogP contribution in [-0.4, -0.2) is 33.3 Å². The minimum Gasteiger partial charge on any atom is -0.467 e. The van der Waals surface area contributed by atoms with Gasteiger partial charge in [-0.3, -0.25) is 4.79 Å². The number of nitrogens with zero attached hydrogens (tertiary/aromatic N) is 4. The molecule has 0 aliphatic rings. The maximum Gasteiger partial charge on any atom is 0.224 e. The second-order valence-corrected chi connectivity index (χ2v) is 10.3. The van der Waals surface area contributed by atoms with Crippen LogP contribution in [0.1, 0.15) is 34.7 Å². The van der Waals surface area contributed by atoms with Crippen LogP contribution in [0.15, 0.2) is 108 Å². The number of benzene rings is 3. The lowest BCUT2D eigenvalue weighted by atomic mass is 10.1. The maximum atomic E-state index is 13.6. The number of aromatic nitrogens is 2. The fourth-order valence-corrected chi connectivity index (χ4v) is 5.17. The lowest BCUT2D eigenvalue weighted by molar-refractivity contribution is -0.131. The van der Waals surface area contributed by atoms with E-state index in [2.05, 4.69) is 28.6 Å². The zero-order chi connectivity index (χ0) is 27.6. The number of rotatable bonds is 13. The van der Waals surface area contributed by atoms with Gasteiger partial charge in [0.1, 0.15) is 17.4 Å². The molecule has 204 valence electrons. The SMILES string of the molecule is O=C(CCN(Cc1ccco1)c1nc(Cc2ccc(F)cc2)ns1)N(CCc1ccccc1)Cc1ccccc1. The summed E-state index contributed by atoms with van der Waals surface area (Å²) >= 11 is 1.30. The average Bonchev–Trinajstić information content (AvgIpc) is 3.68. The van der Waals surface area contributed by atoms with E-state index in [-0.39, 0.29) is 11.7 Å². The molecule has 3 aromatic carbocycles. The van der Waals surface area contributed by atoms with Gasteiger partial charge in [0.05, 0.1) is 12.8 Å². The Morgan fingerprint density at radius 2 is 1.52 bits per heavy atom. The van der Waals surface area contributed by atoms with Gasteiger partial charge in [-0.15, -0.1) is 0 Å². The molecular formula is C32H31FN4O2S. The van der Waals surface area contributed by atoms with Gasteiger partial charge in [-0.25, -0.2) is 9.37 Å². The van der Waals surface area contributed by atoms with Crippen molar-refractivity contribution in [1.29, 1.82) is 0 Å². The molecule has 2 aromatic heterocycles. The highest BCUT2D eigenvalue weighted by molar-refractivity contribution is 7.09. The summed E-state index contributed by atoms with van der Waals surface area (Å²) in [4.78, 5) is 22.3. The van der Waals surface area contributed by atoms with Gasteiger partial charge in [0.25, 0.3) is 0 Å². The first-order valence-electron chi connectivity index (χ1n) is 13.3. The van der Waals surface area contributed by atoms with Crippen LogP contribution >= 0.6 is 11.5 Å². The highest BCUT2D eigenvalue weighted by Gasteiger charge is 2.20. The molecule has 0 radical (unpaired) electrons. The normalized spacial score (nSPS) is 10.9. The first-order chi connectivity index (χ1) is 19.6. The molecule has 0 spiro atoms. The first kappa shape index (κ1) is 27.3. The summed E-state index contributed by atoms with van der Waals surface area (Å²) in [6.45, 7) is 2.15. The van der Waals surface area contributed by atoms with E-state index in [0.717, 1.165) is 28.4 Å². The van der Waals surface area contributed by atoms with E-state index in [1.54, 1.807) is 18.4 Å². The van der Waals surface area contributed by atoms with Crippen molar-refractivity contribution in [3.05, 3.63) is 137 Å². The largest absolute Gasteiger partial charge is 0.467 e. The Hall–Kier alpha value is -4.30. The van der Waals surface area contributed by atoms with Crippen molar-refractivity contribution in [2.75, 3.05) is 18.0 Å². The van der Waals surface area contributed by atoms with Crippen molar-refractivity contribution in [2.45, 2.75) is 32.4 Å². The number of halogens is 1. The summed E-state index contributed by atoms with van der Waals surface area (Å²) in [5.41, 5.74) is 3.25. The smallest absolute Gasteiger partial charge is 0.224 e. The Morgan fingerprint density at radius 3 is 2.23 bits per heavy atom. The number of amides is 1. The van der Waals surface area contributed by atoms with Crippen LogP contribution in [-0.2, 0) is 30.7 Å². The van der Waals surface area contributed by atoms with Crippen LogP contribution in [0.4, 0.5) is 9.52 Å². The third kappa shape index (κ3) is 7.86. The van der Waals surface area contributed by atoms with E-state index in [1.165, 1.54) is 29.2 Å². The number of hydrogen-bond donors (Lipinski definition) is 0. The van der Waals surface area contributed by atoms with Crippen molar-refractivity contribution in [2.24, 2.45) is 0 Å². The monoisotopic (exact) mass is 554 g/mol. The molecule has 6 nitrogen and oxygen atoms in total. The summed E-state index contributed by atoms with van der Waals surface area (Å²) in [6, 6.07) is 30.5. The molecule has 1 amide bonds. The number of carbonyl (C=O) groups is 1. The van der Waals surface area contributed by atoms with Crippen molar-refractivity contribution in [1.82, 2.24) is 14.3 Å². The Balaban J connectivity index is 1.28. The molecule has 5 aromatic rings. The summed E-state index contributed by atoms with van der Waals surface area (Å²) in [7, 11) is 0. The highest BCUT2D eigenvalue weighted by atomic mass is 32.1. The second-order valence-electron chi connectivity index (χ2n) is 9.58. The van der Waals surface area contributed by atoms with E-state index >= 15 is 0 Å². The number of carbonyl (C=O) groups excluding carboxylic acids is 1. The predicted molar refractivity (Wildman–Crippen MR) is 155 cm³/mol. The summed E-state index contributed by atoms with van der Waals surface area (Å²) < 4.78 is 23.4. The van der Waals surface area contributed by atoms with Crippen LogP contribution in [0.3, 0.4) is 0 Å². The average molecular weight is 555 g/mol. The van der Waals surface area contributed by atoms with Crippen molar-refractivity contribution < 1.29 is 13.6 Å². The molecule has 0 aliphatic carbocycles. The number of furan rings is 1. The quantitative estimate of drug-likeness (QED) is 0.166. The number of hydrogen-bond acceptors (Lipinski definition) is 6. The van der Waals surface area contributed by atoms with E-state index in [1.807, 2.05) is 58.3 Å². The number of anilines is 1. The Morgan fingerprint density at radius 1 is 0.800 bits per heavy atom. The summed E-state index contributed by atoms with van der Waals surface area (Å²) in [5.74, 6) is 1.26. The fraction of sp³-hybridized carbons (Fsp3) is 0.219. The molecule has 0 N–H and O–H groups in total. The summed E-state index contributed by atoms with van der Waals surface area (Å²) in [6.07, 6.45) is 3.27. The van der Waals surface area contributed by atoms with Crippen LogP contribution in [0.5, 0.6) is 0 Å². The lowest BCUT2D eigenvalue weighted by Gasteiger charge is -2.25. The van der Waals surface area contributed by atoms with Gasteiger partial charge in [0.2, 0.25) is 11.0 Å². The van der Waals surface area contributed by atoms with E-state index in [0.29, 0.717) is 44.8 Å². The van der Waals surface area contributed by atoms with Gasteiger partial charge in [-0.2, -0.15) is 4.37 Å². The predicted octanol–water partition coefficient (Wildman–Crippen LogP) is 6.53. The lowest BCUT2D eigenvalue weighted by Crippen LogP contribution is -2.35. The molecule has 0 saturated heterocycles. The topological polar surface area (TPSA) is 62.5 Å². The van der Waals surface area contributed by atoms with Gasteiger partial charge in [-0.1, -0.05) is 72.8 Å². The van der Waals surface area contributed by atoms with Crippen LogP contribution in [0, 0.1) is 5.82 Å². The van der Waals surface area contributed by atoms with Crippen molar-refractivity contribution in [3.8, 4) is 0 Å². The third-order valence-corrected chi connectivity index (χ3v) is 7.42. The Kier molecular flexibility index (Phi) is 9.32. The van der Waals surface area contributed by atoms with Gasteiger partial charge < -0.3 is 14.2 Å². The minimum absolute atomic E-state index is 0.0836. The van der Waals surface area contributed by atoms with Crippen LogP contribution < -0.4 is 4.90 Å². The molecule has 5 rings (SSSR count). The molecule has 0 saturated carbocycles. The zero-order valence-electron chi connectivity index (χ0n) is 22.2. The standard InChI is InChI=1S/C32H31FN4O2S/c33-28-15-13-26(14-16-28)22-30-34-32(40-35-30)37(24-29-12-7-21-39-29)20-18-31(38)36(23-27-10-5-2-6-11-27)19-17-25-8-3-1-4-9-25/h1-16,21H,17-20,22-24H2. The van der Waals surface area contributed by atoms with Crippen molar-refractivity contribution in [3.63, 3.8) is 0 Å². The van der Waals surface area contributed by atoms with E-state index in [4.69, 9.17) is 9.40 Å². The van der Waals surface area contributed by atoms with Crippen LogP contribution in [0.25, 0.3) is 0 Å². The molecule has 0 bridgehead atoms. The van der Waals surface area contributed by atoms with E-state index in [9.17, 15) is 9.18 Å². The fourth-order valence-electron chi connectivity index (χ4n) is 4.46. The van der Waals surface area contributed by atoms with Crippen molar-refractivity contribution >= 4 is 22.6 Å². The molecule has 2 heterocycles. The van der Waals surface area contributed by atoms with Gasteiger partial charge in [-0.05, 0) is 47.4 Å². The molecule has 8 heteroatoms. The second kappa shape index (κ2) is 13.7. The molecule has 0 fully saturated rings. The first-order valence-corrected chi connectivity index (χ1v) is 14.1. The van der Waals surface area contributed by atoms with E-state index < -0.39 is 0 Å². The summed E-state index contributed by atoms with van der Waals surface area (Å²) in [5, 5.41) is 0.722. The molecule has 40 heavy (non-hydrogen) atoms. The third-order valence-electron chi connectivity index (χ3n) is 6.61. The molecule has 0 aliphatic heterocycles. The molecule has 0 unspecified atom stereocenters. The highest BCUT2D eigenvalue weighted by Crippen LogP contribution is 2.22. The minimum atomic E-state index is -0.268. The van der Waals surface area contributed by atoms with Crippen LogP contribution in [0.2, 0.25) is 0 Å². The van der Waals surface area contributed by atoms with Gasteiger partial charge >= 0.3 is 0 Å². The molecule has 0 atom stereocenters. The van der Waals surface area contributed by atoms with Gasteiger partial charge in [0.15, 0.2) is 0 Å². The molecular weight excluding hydrogens is 523 g/mol. The zero-order valence-corrected chi connectivity index (χ0v) is 23.0.